The van der Waals surface area contributed by atoms with Crippen LogP contribution >= 0.6 is 24.0 Å². The molecular formula is C17H32IN3O. The Balaban J connectivity index is 0.00000176. The van der Waals surface area contributed by atoms with Crippen molar-refractivity contribution in [2.45, 2.75) is 57.5 Å². The largest absolute Gasteiger partial charge is 0.376 e. The van der Waals surface area contributed by atoms with Crippen molar-refractivity contribution in [3.63, 3.8) is 0 Å². The van der Waals surface area contributed by atoms with E-state index in [0.717, 1.165) is 30.9 Å². The zero-order valence-corrected chi connectivity index (χ0v) is 16.3. The first-order chi connectivity index (χ1) is 10.4. The van der Waals surface area contributed by atoms with Crippen molar-refractivity contribution in [1.29, 1.82) is 0 Å². The molecule has 0 bridgehead atoms. The van der Waals surface area contributed by atoms with Crippen LogP contribution in [-0.4, -0.2) is 50.3 Å². The van der Waals surface area contributed by atoms with Gasteiger partial charge < -0.3 is 15.0 Å². The van der Waals surface area contributed by atoms with Gasteiger partial charge in [0.2, 0.25) is 0 Å². The molecule has 0 aromatic heterocycles. The van der Waals surface area contributed by atoms with Gasteiger partial charge in [-0.2, -0.15) is 0 Å². The number of guanidine groups is 1. The predicted molar refractivity (Wildman–Crippen MR) is 102 cm³/mol. The molecule has 0 radical (unpaired) electrons. The highest BCUT2D eigenvalue weighted by Crippen LogP contribution is 2.35. The van der Waals surface area contributed by atoms with Gasteiger partial charge in [-0.3, -0.25) is 4.99 Å². The van der Waals surface area contributed by atoms with Gasteiger partial charge >= 0.3 is 0 Å². The monoisotopic (exact) mass is 421 g/mol. The van der Waals surface area contributed by atoms with Gasteiger partial charge in [0.15, 0.2) is 5.96 Å². The smallest absolute Gasteiger partial charge is 0.193 e. The number of halogens is 1. The lowest BCUT2D eigenvalue weighted by molar-refractivity contribution is 0.0620. The maximum Gasteiger partial charge on any atom is 0.193 e. The molecule has 0 aromatic rings. The second-order valence-electron chi connectivity index (χ2n) is 6.96. The Morgan fingerprint density at radius 3 is 2.23 bits per heavy atom. The van der Waals surface area contributed by atoms with Gasteiger partial charge in [-0.15, -0.1) is 24.0 Å². The first-order valence-corrected chi connectivity index (χ1v) is 8.94. The van der Waals surface area contributed by atoms with E-state index in [1.165, 1.54) is 64.5 Å². The minimum Gasteiger partial charge on any atom is -0.376 e. The van der Waals surface area contributed by atoms with Crippen LogP contribution in [0.5, 0.6) is 0 Å². The molecule has 2 saturated carbocycles. The molecule has 1 saturated heterocycles. The summed E-state index contributed by atoms with van der Waals surface area (Å²) in [5, 5.41) is 3.50. The lowest BCUT2D eigenvalue weighted by atomic mass is 9.82. The van der Waals surface area contributed by atoms with E-state index in [2.05, 4.69) is 15.2 Å². The molecular weight excluding hydrogens is 389 g/mol. The summed E-state index contributed by atoms with van der Waals surface area (Å²) in [6, 6.07) is 0. The Bertz CT molecular complexity index is 344. The molecule has 2 aliphatic carbocycles. The molecule has 3 fully saturated rings. The molecule has 128 valence electrons. The molecule has 4 nitrogen and oxygen atoms in total. The Morgan fingerprint density at radius 2 is 1.64 bits per heavy atom. The van der Waals surface area contributed by atoms with Crippen LogP contribution in [0.2, 0.25) is 0 Å². The molecule has 1 aliphatic heterocycles. The van der Waals surface area contributed by atoms with E-state index in [4.69, 9.17) is 4.74 Å². The Hall–Kier alpha value is -0.0400. The molecule has 5 heteroatoms. The van der Waals surface area contributed by atoms with Gasteiger partial charge in [-0.25, -0.2) is 0 Å². The first kappa shape index (κ1) is 18.3. The predicted octanol–water partition coefficient (Wildman–Crippen LogP) is 3.26. The van der Waals surface area contributed by atoms with Crippen molar-refractivity contribution in [3.8, 4) is 0 Å². The Morgan fingerprint density at radius 1 is 1.05 bits per heavy atom. The van der Waals surface area contributed by atoms with Gasteiger partial charge in [0.25, 0.3) is 0 Å². The fourth-order valence-corrected chi connectivity index (χ4v) is 4.35. The second kappa shape index (κ2) is 9.30. The number of likely N-dealkylation sites (tertiary alicyclic amines) is 1. The number of rotatable bonds is 4. The van der Waals surface area contributed by atoms with E-state index in [-0.39, 0.29) is 24.0 Å². The van der Waals surface area contributed by atoms with Gasteiger partial charge in [-0.1, -0.05) is 25.7 Å². The maximum atomic E-state index is 5.92. The van der Waals surface area contributed by atoms with E-state index >= 15 is 0 Å². The molecule has 0 amide bonds. The van der Waals surface area contributed by atoms with Gasteiger partial charge in [0, 0.05) is 26.7 Å². The third-order valence-electron chi connectivity index (χ3n) is 5.53. The molecule has 3 aliphatic rings. The van der Waals surface area contributed by atoms with Crippen LogP contribution < -0.4 is 5.32 Å². The lowest BCUT2D eigenvalue weighted by Gasteiger charge is -2.22. The van der Waals surface area contributed by atoms with Crippen molar-refractivity contribution < 1.29 is 4.74 Å². The zero-order valence-electron chi connectivity index (χ0n) is 13.9. The zero-order chi connectivity index (χ0) is 14.5. The molecule has 1 heterocycles. The molecule has 3 rings (SSSR count). The summed E-state index contributed by atoms with van der Waals surface area (Å²) >= 11 is 0. The van der Waals surface area contributed by atoms with E-state index < -0.39 is 0 Å². The third kappa shape index (κ3) is 4.73. The normalized spacial score (nSPS) is 29.3. The highest BCUT2D eigenvalue weighted by Gasteiger charge is 2.35. The van der Waals surface area contributed by atoms with Crippen molar-refractivity contribution in [1.82, 2.24) is 10.2 Å². The summed E-state index contributed by atoms with van der Waals surface area (Å²) < 4.78 is 5.92. The standard InChI is InChI=1S/C17H31N3O.HI/c1-18-17(19-10-11-21-16-8-4-5-9-16)20-12-14-6-2-3-7-15(14)13-20;/h14-16H,2-13H2,1H3,(H,18,19);1H. The van der Waals surface area contributed by atoms with E-state index in [1.54, 1.807) is 0 Å². The van der Waals surface area contributed by atoms with E-state index in [1.807, 2.05) is 7.05 Å². The van der Waals surface area contributed by atoms with Crippen molar-refractivity contribution >= 4 is 29.9 Å². The molecule has 2 atom stereocenters. The van der Waals surface area contributed by atoms with Crippen LogP contribution in [0.4, 0.5) is 0 Å². The summed E-state index contributed by atoms with van der Waals surface area (Å²) in [5.74, 6) is 2.90. The summed E-state index contributed by atoms with van der Waals surface area (Å²) in [4.78, 5) is 6.94. The quantitative estimate of drug-likeness (QED) is 0.328. The number of hydrogen-bond donors (Lipinski definition) is 1. The minimum atomic E-state index is 0. The average molecular weight is 421 g/mol. The number of nitrogens with one attached hydrogen (secondary N) is 1. The number of hydrogen-bond acceptors (Lipinski definition) is 2. The maximum absolute atomic E-state index is 5.92. The minimum absolute atomic E-state index is 0. The third-order valence-corrected chi connectivity index (χ3v) is 5.53. The van der Waals surface area contributed by atoms with Crippen molar-refractivity contribution in [2.24, 2.45) is 16.8 Å². The average Bonchev–Trinajstić information content (AvgIpc) is 3.16. The number of nitrogens with zero attached hydrogens (tertiary/aromatic N) is 2. The van der Waals surface area contributed by atoms with Crippen LogP contribution in [0.3, 0.4) is 0 Å². The fourth-order valence-electron chi connectivity index (χ4n) is 4.35. The van der Waals surface area contributed by atoms with E-state index in [0.29, 0.717) is 6.10 Å². The Kier molecular flexibility index (Phi) is 7.74. The van der Waals surface area contributed by atoms with Gasteiger partial charge in [0.1, 0.15) is 0 Å². The van der Waals surface area contributed by atoms with Crippen LogP contribution in [0.25, 0.3) is 0 Å². The summed E-state index contributed by atoms with van der Waals surface area (Å²) in [6.07, 6.45) is 11.4. The Labute approximate surface area is 152 Å². The van der Waals surface area contributed by atoms with Gasteiger partial charge in [-0.05, 0) is 37.5 Å². The SMILES string of the molecule is CN=C(NCCOC1CCCC1)N1CC2CCCCC2C1.I. The van der Waals surface area contributed by atoms with Crippen LogP contribution in [0, 0.1) is 11.8 Å². The summed E-state index contributed by atoms with van der Waals surface area (Å²) in [5.41, 5.74) is 0. The molecule has 0 aromatic carbocycles. The lowest BCUT2D eigenvalue weighted by Crippen LogP contribution is -2.41. The molecule has 0 spiro atoms. The topological polar surface area (TPSA) is 36.9 Å². The molecule has 1 N–H and O–H groups in total. The second-order valence-corrected chi connectivity index (χ2v) is 6.96. The molecule has 22 heavy (non-hydrogen) atoms. The first-order valence-electron chi connectivity index (χ1n) is 8.94. The van der Waals surface area contributed by atoms with Crippen LogP contribution in [0.15, 0.2) is 4.99 Å². The fraction of sp³-hybridized carbons (Fsp3) is 0.941. The van der Waals surface area contributed by atoms with Crippen molar-refractivity contribution in [2.75, 3.05) is 33.3 Å². The highest BCUT2D eigenvalue weighted by atomic mass is 127. The summed E-state index contributed by atoms with van der Waals surface area (Å²) in [7, 11) is 1.90. The van der Waals surface area contributed by atoms with Crippen LogP contribution in [0.1, 0.15) is 51.4 Å². The number of ether oxygens (including phenoxy) is 1. The highest BCUT2D eigenvalue weighted by molar-refractivity contribution is 14.0. The number of fused-ring (bicyclic) bond motifs is 1. The number of aliphatic imine (C=N–C) groups is 1. The van der Waals surface area contributed by atoms with E-state index in [9.17, 15) is 0 Å². The summed E-state index contributed by atoms with van der Waals surface area (Å²) in [6.45, 7) is 4.10. The van der Waals surface area contributed by atoms with Crippen LogP contribution in [-0.2, 0) is 4.74 Å². The van der Waals surface area contributed by atoms with Gasteiger partial charge in [0.05, 0.1) is 12.7 Å². The van der Waals surface area contributed by atoms with Crippen molar-refractivity contribution in [3.05, 3.63) is 0 Å². The molecule has 2 unspecified atom stereocenters.